The molecule has 12 heavy (non-hydrogen) atoms. The number of imide groups is 1. The van der Waals surface area contributed by atoms with Gasteiger partial charge in [-0.3, -0.25) is 19.6 Å². The van der Waals surface area contributed by atoms with Gasteiger partial charge in [0, 0.05) is 0 Å². The Morgan fingerprint density at radius 1 is 1.67 bits per heavy atom. The third kappa shape index (κ3) is 1.16. The molecule has 66 valence electrons. The van der Waals surface area contributed by atoms with Crippen molar-refractivity contribution in [2.75, 3.05) is 7.11 Å². The Labute approximate surface area is 67.7 Å². The van der Waals surface area contributed by atoms with Crippen molar-refractivity contribution in [3.8, 4) is 0 Å². The first-order valence-corrected chi connectivity index (χ1v) is 3.21. The number of nitrogens with zero attached hydrogens (tertiary/aromatic N) is 1. The van der Waals surface area contributed by atoms with Gasteiger partial charge < -0.3 is 4.74 Å². The smallest absolute Gasteiger partial charge is 0.318 e. The van der Waals surface area contributed by atoms with Crippen LogP contribution in [0.25, 0.3) is 0 Å². The summed E-state index contributed by atoms with van der Waals surface area (Å²) >= 11 is 0. The number of methoxy groups -OCH3 is 1. The van der Waals surface area contributed by atoms with Crippen LogP contribution in [0.2, 0.25) is 0 Å². The predicted molar refractivity (Wildman–Crippen MR) is 33.8 cm³/mol. The highest BCUT2D eigenvalue weighted by Gasteiger charge is 2.43. The molecule has 2 amide bonds. The van der Waals surface area contributed by atoms with Gasteiger partial charge in [-0.1, -0.05) is 0 Å². The van der Waals surface area contributed by atoms with E-state index in [1.807, 2.05) is 0 Å². The van der Waals surface area contributed by atoms with Gasteiger partial charge in [0.15, 0.2) is 0 Å². The number of ether oxygens (including phenoxy) is 1. The summed E-state index contributed by atoms with van der Waals surface area (Å²) < 4.78 is 4.25. The molecule has 0 aromatic rings. The zero-order valence-corrected chi connectivity index (χ0v) is 6.31. The van der Waals surface area contributed by atoms with Gasteiger partial charge in [-0.2, -0.15) is 5.06 Å². The Balaban J connectivity index is 2.78. The summed E-state index contributed by atoms with van der Waals surface area (Å²) in [7, 11) is 1.11. The van der Waals surface area contributed by atoms with E-state index in [9.17, 15) is 14.4 Å². The zero-order valence-electron chi connectivity index (χ0n) is 6.31. The van der Waals surface area contributed by atoms with E-state index in [4.69, 9.17) is 5.21 Å². The van der Waals surface area contributed by atoms with Crippen LogP contribution >= 0.6 is 0 Å². The fraction of sp³-hybridized carbons (Fsp3) is 0.500. The highest BCUT2D eigenvalue weighted by atomic mass is 16.5. The van der Waals surface area contributed by atoms with Gasteiger partial charge in [-0.05, 0) is 0 Å². The molecule has 0 aliphatic carbocycles. The van der Waals surface area contributed by atoms with Crippen molar-refractivity contribution in [2.45, 2.75) is 6.42 Å². The van der Waals surface area contributed by atoms with Crippen molar-refractivity contribution in [3.05, 3.63) is 0 Å². The lowest BCUT2D eigenvalue weighted by Crippen LogP contribution is -2.29. The van der Waals surface area contributed by atoms with Crippen molar-refractivity contribution >= 4 is 17.8 Å². The maximum Gasteiger partial charge on any atom is 0.318 e. The molecule has 1 aliphatic heterocycles. The van der Waals surface area contributed by atoms with Gasteiger partial charge in [0.25, 0.3) is 11.8 Å². The number of hydrogen-bond donors (Lipinski definition) is 1. The number of carbonyl (C=O) groups is 3. The number of amides is 2. The highest BCUT2D eigenvalue weighted by molar-refractivity contribution is 6.11. The molecule has 0 radical (unpaired) electrons. The lowest BCUT2D eigenvalue weighted by atomic mass is 10.1. The summed E-state index contributed by atoms with van der Waals surface area (Å²) in [5, 5.41) is 8.65. The number of esters is 1. The monoisotopic (exact) mass is 173 g/mol. The molecule has 1 atom stereocenters. The molecule has 6 nitrogen and oxygen atoms in total. The van der Waals surface area contributed by atoms with Gasteiger partial charge in [0.2, 0.25) is 0 Å². The molecule has 1 rings (SSSR count). The Morgan fingerprint density at radius 3 is 2.58 bits per heavy atom. The molecule has 0 aromatic carbocycles. The topological polar surface area (TPSA) is 83.9 Å². The lowest BCUT2D eigenvalue weighted by molar-refractivity contribution is -0.173. The van der Waals surface area contributed by atoms with Crippen LogP contribution in [0, 0.1) is 5.92 Å². The Kier molecular flexibility index (Phi) is 2.09. The molecule has 1 aliphatic rings. The van der Waals surface area contributed by atoms with E-state index in [2.05, 4.69) is 4.74 Å². The molecule has 1 unspecified atom stereocenters. The quantitative estimate of drug-likeness (QED) is 0.236. The predicted octanol–water partition coefficient (Wildman–Crippen LogP) is -1.08. The molecule has 0 spiro atoms. The highest BCUT2D eigenvalue weighted by Crippen LogP contribution is 2.18. The van der Waals surface area contributed by atoms with Crippen molar-refractivity contribution in [3.63, 3.8) is 0 Å². The molecule has 1 fully saturated rings. The zero-order chi connectivity index (χ0) is 9.30. The van der Waals surface area contributed by atoms with Gasteiger partial charge >= 0.3 is 5.97 Å². The molecular formula is C6H7NO5. The van der Waals surface area contributed by atoms with E-state index in [-0.39, 0.29) is 11.5 Å². The molecule has 1 N–H and O–H groups in total. The first-order chi connectivity index (χ1) is 5.57. The van der Waals surface area contributed by atoms with Crippen LogP contribution < -0.4 is 0 Å². The minimum Gasteiger partial charge on any atom is -0.468 e. The minimum absolute atomic E-state index is 0.0540. The Bertz CT molecular complexity index is 248. The fourth-order valence-corrected chi connectivity index (χ4v) is 0.945. The van der Waals surface area contributed by atoms with E-state index >= 15 is 0 Å². The molecule has 0 aromatic heterocycles. The van der Waals surface area contributed by atoms with Gasteiger partial charge in [0.05, 0.1) is 13.5 Å². The molecule has 1 saturated heterocycles. The standard InChI is InChI=1S/C6H7NO5/c1-12-6(10)3-2-4(8)7(11)5(3)9/h3,11H,2H2,1H3. The van der Waals surface area contributed by atoms with E-state index in [1.165, 1.54) is 0 Å². The summed E-state index contributed by atoms with van der Waals surface area (Å²) in [5.74, 6) is -3.68. The van der Waals surface area contributed by atoms with Gasteiger partial charge in [-0.15, -0.1) is 0 Å². The number of hydrogen-bond acceptors (Lipinski definition) is 5. The Morgan fingerprint density at radius 2 is 2.25 bits per heavy atom. The average Bonchev–Trinajstić information content (AvgIpc) is 2.32. The van der Waals surface area contributed by atoms with Crippen molar-refractivity contribution in [2.24, 2.45) is 5.92 Å². The molecule has 0 saturated carbocycles. The van der Waals surface area contributed by atoms with E-state index in [0.29, 0.717) is 0 Å². The first-order valence-electron chi connectivity index (χ1n) is 3.21. The SMILES string of the molecule is COC(=O)C1CC(=O)N(O)C1=O. The second-order valence-corrected chi connectivity index (χ2v) is 2.32. The third-order valence-electron chi connectivity index (χ3n) is 1.61. The van der Waals surface area contributed by atoms with Crippen LogP contribution in [0.4, 0.5) is 0 Å². The molecular weight excluding hydrogens is 166 g/mol. The Hall–Kier alpha value is -1.43. The van der Waals surface area contributed by atoms with Crippen LogP contribution in [0.3, 0.4) is 0 Å². The molecule has 6 heteroatoms. The summed E-state index contributed by atoms with van der Waals surface area (Å²) in [4.78, 5) is 32.3. The van der Waals surface area contributed by atoms with Crippen LogP contribution in [0.5, 0.6) is 0 Å². The second-order valence-electron chi connectivity index (χ2n) is 2.32. The van der Waals surface area contributed by atoms with Crippen LogP contribution in [0.15, 0.2) is 0 Å². The maximum absolute atomic E-state index is 10.9. The molecule has 0 bridgehead atoms. The van der Waals surface area contributed by atoms with Crippen LogP contribution in [0.1, 0.15) is 6.42 Å². The van der Waals surface area contributed by atoms with E-state index in [1.54, 1.807) is 0 Å². The third-order valence-corrected chi connectivity index (χ3v) is 1.61. The summed E-state index contributed by atoms with van der Waals surface area (Å²) in [6, 6.07) is 0. The van der Waals surface area contributed by atoms with Crippen molar-refractivity contribution in [1.29, 1.82) is 0 Å². The van der Waals surface area contributed by atoms with Crippen molar-refractivity contribution < 1.29 is 24.3 Å². The minimum atomic E-state index is -1.17. The largest absolute Gasteiger partial charge is 0.468 e. The maximum atomic E-state index is 10.9. The summed E-state index contributed by atoms with van der Waals surface area (Å²) in [6.45, 7) is 0. The lowest BCUT2D eigenvalue weighted by Gasteiger charge is -2.04. The van der Waals surface area contributed by atoms with Gasteiger partial charge in [0.1, 0.15) is 5.92 Å². The van der Waals surface area contributed by atoms with Crippen molar-refractivity contribution in [1.82, 2.24) is 5.06 Å². The van der Waals surface area contributed by atoms with E-state index in [0.717, 1.165) is 7.11 Å². The normalized spacial score (nSPS) is 23.2. The summed E-state index contributed by atoms with van der Waals surface area (Å²) in [6.07, 6.45) is -0.317. The molecule has 1 heterocycles. The van der Waals surface area contributed by atoms with Gasteiger partial charge in [-0.25, -0.2) is 0 Å². The number of rotatable bonds is 1. The first kappa shape index (κ1) is 8.66. The van der Waals surface area contributed by atoms with E-state index < -0.39 is 23.7 Å². The number of hydroxylamine groups is 2. The van der Waals surface area contributed by atoms with Crippen LogP contribution in [-0.4, -0.2) is 35.2 Å². The summed E-state index contributed by atoms with van der Waals surface area (Å²) in [5.41, 5.74) is 0. The number of carbonyl (C=O) groups excluding carboxylic acids is 3. The fourth-order valence-electron chi connectivity index (χ4n) is 0.945. The van der Waals surface area contributed by atoms with Crippen LogP contribution in [-0.2, 0) is 19.1 Å². The average molecular weight is 173 g/mol. The second kappa shape index (κ2) is 2.90.